The van der Waals surface area contributed by atoms with Crippen molar-refractivity contribution in [1.29, 1.82) is 0 Å². The maximum Gasteiger partial charge on any atom is 0.240 e. The zero-order valence-corrected chi connectivity index (χ0v) is 16.0. The van der Waals surface area contributed by atoms with Crippen molar-refractivity contribution in [2.24, 2.45) is 0 Å². The molecule has 0 spiro atoms. The quantitative estimate of drug-likeness (QED) is 0.371. The number of sulfonamides is 1. The van der Waals surface area contributed by atoms with Crippen molar-refractivity contribution < 1.29 is 13.2 Å². The average molecular weight is 352 g/mol. The van der Waals surface area contributed by atoms with Crippen LogP contribution in [0, 0.1) is 18.4 Å². The zero-order chi connectivity index (χ0) is 17.1. The fourth-order valence-electron chi connectivity index (χ4n) is 2.09. The van der Waals surface area contributed by atoms with E-state index in [1.54, 1.807) is 24.3 Å². The molecule has 1 aliphatic heterocycles. The first-order valence-electron chi connectivity index (χ1n) is 7.92. The standard InChI is InChI=1S/C17H25NO3SSi/c1-14-7-9-15(10-8-14)22(19,20)18-12-5-6-16-17(21-16)11-13-23(2,3)4/h7-10,16-18H,5-6,12H2,1-4H3/t16-,17+/m0/s1. The molecule has 1 N–H and O–H groups in total. The van der Waals surface area contributed by atoms with Crippen LogP contribution in [0.3, 0.4) is 0 Å². The van der Waals surface area contributed by atoms with Crippen LogP contribution in [0.2, 0.25) is 19.6 Å². The second-order valence-corrected chi connectivity index (χ2v) is 13.5. The summed E-state index contributed by atoms with van der Waals surface area (Å²) in [6.07, 6.45) is 1.81. The van der Waals surface area contributed by atoms with Crippen molar-refractivity contribution in [3.63, 3.8) is 0 Å². The molecular weight excluding hydrogens is 326 g/mol. The van der Waals surface area contributed by atoms with Crippen LogP contribution in [-0.2, 0) is 14.8 Å². The molecule has 23 heavy (non-hydrogen) atoms. The van der Waals surface area contributed by atoms with E-state index in [0.29, 0.717) is 11.4 Å². The second-order valence-electron chi connectivity index (χ2n) is 6.97. The number of hydrogen-bond donors (Lipinski definition) is 1. The lowest BCUT2D eigenvalue weighted by atomic mass is 10.2. The molecule has 0 aliphatic carbocycles. The number of hydrogen-bond acceptors (Lipinski definition) is 3. The molecule has 126 valence electrons. The van der Waals surface area contributed by atoms with E-state index in [9.17, 15) is 8.42 Å². The molecule has 1 aromatic rings. The molecule has 1 fully saturated rings. The Balaban J connectivity index is 1.72. The van der Waals surface area contributed by atoms with Crippen molar-refractivity contribution in [1.82, 2.24) is 4.72 Å². The van der Waals surface area contributed by atoms with Crippen LogP contribution in [-0.4, -0.2) is 35.2 Å². The van der Waals surface area contributed by atoms with Crippen LogP contribution >= 0.6 is 0 Å². The molecule has 0 bridgehead atoms. The molecule has 2 rings (SSSR count). The summed E-state index contributed by atoms with van der Waals surface area (Å²) in [6, 6.07) is 6.86. The van der Waals surface area contributed by atoms with Gasteiger partial charge in [0, 0.05) is 6.54 Å². The fraction of sp³-hybridized carbons (Fsp3) is 0.529. The van der Waals surface area contributed by atoms with Gasteiger partial charge in [-0.2, -0.15) is 0 Å². The maximum absolute atomic E-state index is 12.1. The van der Waals surface area contributed by atoms with Crippen LogP contribution in [0.15, 0.2) is 29.2 Å². The van der Waals surface area contributed by atoms with E-state index in [4.69, 9.17) is 4.74 Å². The molecule has 1 heterocycles. The Labute approximate surface area is 140 Å². The Morgan fingerprint density at radius 3 is 2.48 bits per heavy atom. The SMILES string of the molecule is Cc1ccc(S(=O)(=O)NCCC[C@@H]2O[C@@H]2C#C[Si](C)(C)C)cc1. The van der Waals surface area contributed by atoms with Crippen LogP contribution in [0.4, 0.5) is 0 Å². The molecule has 2 atom stereocenters. The van der Waals surface area contributed by atoms with Gasteiger partial charge in [-0.1, -0.05) is 43.3 Å². The Morgan fingerprint density at radius 1 is 1.22 bits per heavy atom. The Hall–Kier alpha value is -1.13. The summed E-state index contributed by atoms with van der Waals surface area (Å²) in [7, 11) is -4.76. The molecule has 0 amide bonds. The highest BCUT2D eigenvalue weighted by Crippen LogP contribution is 2.25. The minimum absolute atomic E-state index is 0.0513. The third-order valence-corrected chi connectivity index (χ3v) is 5.83. The van der Waals surface area contributed by atoms with Crippen LogP contribution in [0.25, 0.3) is 0 Å². The van der Waals surface area contributed by atoms with Crippen molar-refractivity contribution in [2.75, 3.05) is 6.54 Å². The Kier molecular flexibility index (Phi) is 5.68. The lowest BCUT2D eigenvalue weighted by Gasteiger charge is -2.06. The summed E-state index contributed by atoms with van der Waals surface area (Å²) in [5, 5.41) is 0. The summed E-state index contributed by atoms with van der Waals surface area (Å²) >= 11 is 0. The summed E-state index contributed by atoms with van der Waals surface area (Å²) in [5.41, 5.74) is 4.35. The van der Waals surface area contributed by atoms with Crippen molar-refractivity contribution in [3.05, 3.63) is 29.8 Å². The van der Waals surface area contributed by atoms with Gasteiger partial charge < -0.3 is 4.74 Å². The van der Waals surface area contributed by atoms with Gasteiger partial charge in [0.25, 0.3) is 0 Å². The van der Waals surface area contributed by atoms with Crippen LogP contribution in [0.5, 0.6) is 0 Å². The van der Waals surface area contributed by atoms with Gasteiger partial charge in [-0.25, -0.2) is 13.1 Å². The smallest absolute Gasteiger partial charge is 0.240 e. The van der Waals surface area contributed by atoms with Crippen molar-refractivity contribution >= 4 is 18.1 Å². The zero-order valence-electron chi connectivity index (χ0n) is 14.2. The topological polar surface area (TPSA) is 58.7 Å². The lowest BCUT2D eigenvalue weighted by Crippen LogP contribution is -2.25. The lowest BCUT2D eigenvalue weighted by molar-refractivity contribution is 0.378. The molecule has 0 saturated carbocycles. The van der Waals surface area contributed by atoms with Crippen molar-refractivity contribution in [2.45, 2.75) is 56.5 Å². The summed E-state index contributed by atoms with van der Waals surface area (Å²) in [4.78, 5) is 0.310. The average Bonchev–Trinajstić information content (AvgIpc) is 3.20. The van der Waals surface area contributed by atoms with Gasteiger partial charge in [-0.05, 0) is 31.9 Å². The molecular formula is C17H25NO3SSi. The maximum atomic E-state index is 12.1. The first-order chi connectivity index (χ1) is 10.7. The number of epoxide rings is 1. The highest BCUT2D eigenvalue weighted by atomic mass is 32.2. The Bertz CT molecular complexity index is 696. The largest absolute Gasteiger partial charge is 0.356 e. The van der Waals surface area contributed by atoms with E-state index in [0.717, 1.165) is 18.4 Å². The monoisotopic (exact) mass is 351 g/mol. The number of ether oxygens (including phenoxy) is 1. The second kappa shape index (κ2) is 7.18. The third-order valence-electron chi connectivity index (χ3n) is 3.46. The van der Waals surface area contributed by atoms with Gasteiger partial charge in [-0.15, -0.1) is 5.54 Å². The first-order valence-corrected chi connectivity index (χ1v) is 12.9. The Morgan fingerprint density at radius 2 is 1.87 bits per heavy atom. The van der Waals surface area contributed by atoms with E-state index in [2.05, 4.69) is 35.8 Å². The minimum atomic E-state index is -3.41. The van der Waals surface area contributed by atoms with E-state index >= 15 is 0 Å². The van der Waals surface area contributed by atoms with Gasteiger partial charge in [0.1, 0.15) is 14.2 Å². The molecule has 1 aliphatic rings. The first kappa shape index (κ1) is 18.2. The summed E-state index contributed by atoms with van der Waals surface area (Å²) < 4.78 is 32.4. The van der Waals surface area contributed by atoms with Gasteiger partial charge in [0.05, 0.1) is 11.0 Å². The van der Waals surface area contributed by atoms with Crippen molar-refractivity contribution in [3.8, 4) is 11.5 Å². The van der Waals surface area contributed by atoms with Gasteiger partial charge in [-0.3, -0.25) is 0 Å². The van der Waals surface area contributed by atoms with Gasteiger partial charge >= 0.3 is 0 Å². The predicted molar refractivity (Wildman–Crippen MR) is 95.4 cm³/mol. The highest BCUT2D eigenvalue weighted by Gasteiger charge is 2.36. The molecule has 0 unspecified atom stereocenters. The van der Waals surface area contributed by atoms with E-state index in [1.165, 1.54) is 0 Å². The van der Waals surface area contributed by atoms with Crippen LogP contribution in [0.1, 0.15) is 18.4 Å². The summed E-state index contributed by atoms with van der Waals surface area (Å²) in [5.74, 6) is 3.19. The van der Waals surface area contributed by atoms with E-state index < -0.39 is 18.1 Å². The normalized spacial score (nSPS) is 20.7. The van der Waals surface area contributed by atoms with E-state index in [-0.39, 0.29) is 12.2 Å². The number of aryl methyl sites for hydroxylation is 1. The molecule has 4 nitrogen and oxygen atoms in total. The number of nitrogens with one attached hydrogen (secondary N) is 1. The molecule has 0 radical (unpaired) electrons. The third kappa shape index (κ3) is 6.11. The predicted octanol–water partition coefficient (Wildman–Crippen LogP) is 2.70. The highest BCUT2D eigenvalue weighted by molar-refractivity contribution is 7.89. The number of benzene rings is 1. The molecule has 1 saturated heterocycles. The van der Waals surface area contributed by atoms with Gasteiger partial charge in [0.15, 0.2) is 0 Å². The minimum Gasteiger partial charge on any atom is -0.356 e. The van der Waals surface area contributed by atoms with Gasteiger partial charge in [0.2, 0.25) is 10.0 Å². The fourth-order valence-corrected chi connectivity index (χ4v) is 3.74. The van der Waals surface area contributed by atoms with Crippen LogP contribution < -0.4 is 4.72 Å². The van der Waals surface area contributed by atoms with E-state index in [1.807, 2.05) is 6.92 Å². The molecule has 1 aromatic carbocycles. The molecule has 0 aromatic heterocycles. The summed E-state index contributed by atoms with van der Waals surface area (Å²) in [6.45, 7) is 8.97. The molecule has 6 heteroatoms. The number of rotatable bonds is 6.